The lowest BCUT2D eigenvalue weighted by molar-refractivity contribution is 0.0822. The van der Waals surface area contributed by atoms with Crippen LogP contribution in [0, 0.1) is 6.92 Å². The number of aromatic amines is 1. The van der Waals surface area contributed by atoms with Crippen LogP contribution in [0.15, 0.2) is 48.7 Å². The van der Waals surface area contributed by atoms with Crippen LogP contribution in [0.4, 0.5) is 5.69 Å². The minimum Gasteiger partial charge on any atom is -0.377 e. The van der Waals surface area contributed by atoms with Gasteiger partial charge in [-0.2, -0.15) is 5.10 Å². The smallest absolute Gasteiger partial charge is 0.269 e. The molecular weight excluding hydrogens is 302 g/mol. The maximum atomic E-state index is 11.9. The number of hydrogen-bond donors (Lipinski definition) is 2. The molecule has 3 rings (SSSR count). The Hall–Kier alpha value is -3.02. The number of hydrogen-bond acceptors (Lipinski definition) is 3. The monoisotopic (exact) mass is 323 g/mol. The van der Waals surface area contributed by atoms with E-state index in [9.17, 15) is 4.79 Å². The predicted octanol–water partition coefficient (Wildman–Crippen LogP) is 2.82. The lowest BCUT2D eigenvalue weighted by atomic mass is 10.3. The number of aromatic nitrogens is 3. The lowest BCUT2D eigenvalue weighted by Gasteiger charge is -2.08. The Balaban J connectivity index is 1.70. The van der Waals surface area contributed by atoms with Gasteiger partial charge in [-0.15, -0.1) is 0 Å². The molecule has 0 bridgehead atoms. The van der Waals surface area contributed by atoms with Crippen molar-refractivity contribution in [2.45, 2.75) is 13.5 Å². The van der Waals surface area contributed by atoms with Crippen LogP contribution in [0.3, 0.4) is 0 Å². The molecule has 2 heterocycles. The van der Waals surface area contributed by atoms with Crippen molar-refractivity contribution >= 4 is 11.6 Å². The summed E-state index contributed by atoms with van der Waals surface area (Å²) in [5.74, 6) is -0.0330. The topological polar surface area (TPSA) is 66.0 Å². The molecule has 124 valence electrons. The maximum absolute atomic E-state index is 11.9. The van der Waals surface area contributed by atoms with Gasteiger partial charge in [-0.3, -0.25) is 4.79 Å². The Morgan fingerprint density at radius 1 is 1.21 bits per heavy atom. The second-order valence-corrected chi connectivity index (χ2v) is 5.84. The van der Waals surface area contributed by atoms with Crippen molar-refractivity contribution in [3.8, 4) is 5.69 Å². The quantitative estimate of drug-likeness (QED) is 0.759. The molecule has 2 N–H and O–H groups in total. The molecule has 6 heteroatoms. The van der Waals surface area contributed by atoms with E-state index in [0.717, 1.165) is 22.8 Å². The molecule has 1 amide bonds. The van der Waals surface area contributed by atoms with Gasteiger partial charge < -0.3 is 15.2 Å². The zero-order chi connectivity index (χ0) is 17.1. The van der Waals surface area contributed by atoms with Gasteiger partial charge in [-0.25, -0.2) is 4.68 Å². The van der Waals surface area contributed by atoms with Gasteiger partial charge in [0.2, 0.25) is 0 Å². The fourth-order valence-corrected chi connectivity index (χ4v) is 2.51. The molecule has 0 atom stereocenters. The van der Waals surface area contributed by atoms with Crippen LogP contribution in [0.5, 0.6) is 0 Å². The van der Waals surface area contributed by atoms with Crippen LogP contribution in [-0.4, -0.2) is 39.7 Å². The molecule has 6 nitrogen and oxygen atoms in total. The van der Waals surface area contributed by atoms with Gasteiger partial charge in [0.15, 0.2) is 0 Å². The predicted molar refractivity (Wildman–Crippen MR) is 94.4 cm³/mol. The lowest BCUT2D eigenvalue weighted by Crippen LogP contribution is -2.22. The van der Waals surface area contributed by atoms with Crippen LogP contribution in [0.1, 0.15) is 21.9 Å². The van der Waals surface area contributed by atoms with Crippen LogP contribution < -0.4 is 5.32 Å². The molecule has 2 aromatic heterocycles. The molecule has 0 aliphatic carbocycles. The number of amides is 1. The third kappa shape index (κ3) is 3.17. The molecule has 0 radical (unpaired) electrons. The molecule has 0 fully saturated rings. The second-order valence-electron chi connectivity index (χ2n) is 5.84. The van der Waals surface area contributed by atoms with Crippen LogP contribution in [-0.2, 0) is 6.54 Å². The SMILES string of the molecule is Cc1c(NCc2ccc(C(=O)N(C)C)[nH]2)cnn1-c1ccccc1. The zero-order valence-electron chi connectivity index (χ0n) is 14.1. The highest BCUT2D eigenvalue weighted by atomic mass is 16.2. The molecule has 0 aliphatic rings. The van der Waals surface area contributed by atoms with Crippen molar-refractivity contribution < 1.29 is 4.79 Å². The summed E-state index contributed by atoms with van der Waals surface area (Å²) in [4.78, 5) is 16.6. The van der Waals surface area contributed by atoms with Crippen molar-refractivity contribution in [3.05, 3.63) is 65.7 Å². The standard InChI is InChI=1S/C18H21N5O/c1-13-17(12-20-23(13)15-7-5-4-6-8-15)19-11-14-9-10-16(21-14)18(24)22(2)3/h4-10,12,19,21H,11H2,1-3H3. The average Bonchev–Trinajstić information content (AvgIpc) is 3.20. The summed E-state index contributed by atoms with van der Waals surface area (Å²) in [6.07, 6.45) is 1.82. The Bertz CT molecular complexity index is 832. The summed E-state index contributed by atoms with van der Waals surface area (Å²) in [6.45, 7) is 2.63. The first-order valence-corrected chi connectivity index (χ1v) is 7.79. The first-order chi connectivity index (χ1) is 11.6. The van der Waals surface area contributed by atoms with Crippen molar-refractivity contribution in [1.82, 2.24) is 19.7 Å². The number of para-hydroxylation sites is 1. The number of rotatable bonds is 5. The molecular formula is C18H21N5O. The van der Waals surface area contributed by atoms with E-state index >= 15 is 0 Å². The Kier molecular flexibility index (Phi) is 4.37. The van der Waals surface area contributed by atoms with E-state index in [1.165, 1.54) is 0 Å². The summed E-state index contributed by atoms with van der Waals surface area (Å²) >= 11 is 0. The molecule has 0 aliphatic heterocycles. The van der Waals surface area contributed by atoms with Gasteiger partial charge in [0.25, 0.3) is 5.91 Å². The molecule has 24 heavy (non-hydrogen) atoms. The van der Waals surface area contributed by atoms with Crippen molar-refractivity contribution in [3.63, 3.8) is 0 Å². The summed E-state index contributed by atoms with van der Waals surface area (Å²) in [6, 6.07) is 13.7. The summed E-state index contributed by atoms with van der Waals surface area (Å²) in [5.41, 5.74) is 4.58. The van der Waals surface area contributed by atoms with E-state index in [1.54, 1.807) is 25.1 Å². The number of carbonyl (C=O) groups is 1. The third-order valence-electron chi connectivity index (χ3n) is 3.86. The van der Waals surface area contributed by atoms with Gasteiger partial charge in [0.1, 0.15) is 5.69 Å². The first-order valence-electron chi connectivity index (χ1n) is 7.79. The normalized spacial score (nSPS) is 10.6. The molecule has 0 saturated carbocycles. The van der Waals surface area contributed by atoms with Crippen LogP contribution in [0.25, 0.3) is 5.69 Å². The summed E-state index contributed by atoms with van der Waals surface area (Å²) in [5, 5.41) is 7.80. The fraction of sp³-hybridized carbons (Fsp3) is 0.222. The molecule has 3 aromatic rings. The molecule has 1 aromatic carbocycles. The van der Waals surface area contributed by atoms with E-state index in [-0.39, 0.29) is 5.91 Å². The zero-order valence-corrected chi connectivity index (χ0v) is 14.1. The summed E-state index contributed by atoms with van der Waals surface area (Å²) in [7, 11) is 3.48. The second kappa shape index (κ2) is 6.62. The number of nitrogens with one attached hydrogen (secondary N) is 2. The largest absolute Gasteiger partial charge is 0.377 e. The third-order valence-corrected chi connectivity index (χ3v) is 3.86. The van der Waals surface area contributed by atoms with Gasteiger partial charge in [-0.05, 0) is 31.2 Å². The molecule has 0 unspecified atom stereocenters. The summed E-state index contributed by atoms with van der Waals surface area (Å²) < 4.78 is 1.90. The highest BCUT2D eigenvalue weighted by Gasteiger charge is 2.11. The van der Waals surface area contributed by atoms with Gasteiger partial charge in [0, 0.05) is 19.8 Å². The van der Waals surface area contributed by atoms with Crippen molar-refractivity contribution in [2.75, 3.05) is 19.4 Å². The van der Waals surface area contributed by atoms with E-state index < -0.39 is 0 Å². The highest BCUT2D eigenvalue weighted by molar-refractivity contribution is 5.92. The molecule has 0 spiro atoms. The minimum absolute atomic E-state index is 0.0330. The van der Waals surface area contributed by atoms with Crippen molar-refractivity contribution in [1.29, 1.82) is 0 Å². The molecule has 0 saturated heterocycles. The Morgan fingerprint density at radius 2 is 1.96 bits per heavy atom. The number of nitrogens with zero attached hydrogens (tertiary/aromatic N) is 3. The highest BCUT2D eigenvalue weighted by Crippen LogP contribution is 2.19. The van der Waals surface area contributed by atoms with E-state index in [0.29, 0.717) is 12.2 Å². The van der Waals surface area contributed by atoms with Crippen LogP contribution in [0.2, 0.25) is 0 Å². The van der Waals surface area contributed by atoms with Crippen molar-refractivity contribution in [2.24, 2.45) is 0 Å². The van der Waals surface area contributed by atoms with Crippen LogP contribution >= 0.6 is 0 Å². The van der Waals surface area contributed by atoms with Gasteiger partial charge in [-0.1, -0.05) is 18.2 Å². The first kappa shape index (κ1) is 15.9. The Morgan fingerprint density at radius 3 is 2.67 bits per heavy atom. The maximum Gasteiger partial charge on any atom is 0.269 e. The number of carbonyl (C=O) groups excluding carboxylic acids is 1. The van der Waals surface area contributed by atoms with Gasteiger partial charge in [0.05, 0.1) is 29.8 Å². The number of benzene rings is 1. The van der Waals surface area contributed by atoms with E-state index in [4.69, 9.17) is 0 Å². The number of anilines is 1. The van der Waals surface area contributed by atoms with E-state index in [1.807, 2.05) is 54.2 Å². The van der Waals surface area contributed by atoms with E-state index in [2.05, 4.69) is 15.4 Å². The van der Waals surface area contributed by atoms with Gasteiger partial charge >= 0.3 is 0 Å². The minimum atomic E-state index is -0.0330. The number of H-pyrrole nitrogens is 1. The Labute approximate surface area is 141 Å². The average molecular weight is 323 g/mol. The fourth-order valence-electron chi connectivity index (χ4n) is 2.51.